The summed E-state index contributed by atoms with van der Waals surface area (Å²) in [6.45, 7) is 4.28. The van der Waals surface area contributed by atoms with Crippen LogP contribution in [0, 0.1) is 11.8 Å². The highest BCUT2D eigenvalue weighted by Gasteiger charge is 2.44. The third-order valence-electron chi connectivity index (χ3n) is 4.71. The highest BCUT2D eigenvalue weighted by molar-refractivity contribution is 5.80. The fourth-order valence-corrected chi connectivity index (χ4v) is 3.56. The van der Waals surface area contributed by atoms with E-state index in [0.717, 1.165) is 25.4 Å². The Morgan fingerprint density at radius 2 is 1.94 bits per heavy atom. The van der Waals surface area contributed by atoms with Gasteiger partial charge in [0.25, 0.3) is 0 Å². The molecule has 16 heavy (non-hydrogen) atoms. The van der Waals surface area contributed by atoms with E-state index in [1.165, 1.54) is 25.7 Å². The Labute approximate surface area is 97.6 Å². The minimum Gasteiger partial charge on any atom is -0.342 e. The summed E-state index contributed by atoms with van der Waals surface area (Å²) < 4.78 is 0. The second-order valence-corrected chi connectivity index (χ2v) is 5.90. The van der Waals surface area contributed by atoms with E-state index in [0.29, 0.717) is 23.9 Å². The zero-order valence-corrected chi connectivity index (χ0v) is 10.1. The molecule has 3 heterocycles. The average molecular weight is 222 g/mol. The molecule has 0 spiro atoms. The predicted octanol–water partition coefficient (Wildman–Crippen LogP) is 1.39. The molecule has 3 saturated heterocycles. The molecule has 0 radical (unpaired) electrons. The standard InChI is InChI=1S/C13H22N2O/c1-9-4-6-15(7-5-9)13(16)11-8-10-2-3-12(11)14-10/h9-12,14H,2-8H2,1H3. The van der Waals surface area contributed by atoms with Crippen LogP contribution in [-0.2, 0) is 4.79 Å². The molecule has 1 amide bonds. The van der Waals surface area contributed by atoms with Crippen molar-refractivity contribution in [3.8, 4) is 0 Å². The Morgan fingerprint density at radius 3 is 2.50 bits per heavy atom. The molecule has 3 rings (SSSR count). The van der Waals surface area contributed by atoms with Gasteiger partial charge in [0.05, 0.1) is 5.92 Å². The van der Waals surface area contributed by atoms with Crippen molar-refractivity contribution >= 4 is 5.91 Å². The van der Waals surface area contributed by atoms with E-state index < -0.39 is 0 Å². The first-order valence-electron chi connectivity index (χ1n) is 6.79. The van der Waals surface area contributed by atoms with Gasteiger partial charge in [0.2, 0.25) is 5.91 Å². The maximum atomic E-state index is 12.4. The molecule has 3 fully saturated rings. The van der Waals surface area contributed by atoms with Gasteiger partial charge in [0, 0.05) is 25.2 Å². The predicted molar refractivity (Wildman–Crippen MR) is 63.0 cm³/mol. The summed E-state index contributed by atoms with van der Waals surface area (Å²) in [5.74, 6) is 1.54. The molecule has 3 atom stereocenters. The van der Waals surface area contributed by atoms with Crippen LogP contribution in [0.25, 0.3) is 0 Å². The number of carbonyl (C=O) groups is 1. The van der Waals surface area contributed by atoms with Crippen LogP contribution in [0.1, 0.15) is 39.0 Å². The molecule has 3 aliphatic heterocycles. The number of nitrogens with zero attached hydrogens (tertiary/aromatic N) is 1. The molecular weight excluding hydrogens is 200 g/mol. The average Bonchev–Trinajstić information content (AvgIpc) is 2.91. The van der Waals surface area contributed by atoms with Crippen molar-refractivity contribution in [2.45, 2.75) is 51.1 Å². The van der Waals surface area contributed by atoms with Crippen LogP contribution in [0.3, 0.4) is 0 Å². The summed E-state index contributed by atoms with van der Waals surface area (Å²) in [6, 6.07) is 1.14. The number of likely N-dealkylation sites (tertiary alicyclic amines) is 1. The number of amides is 1. The number of hydrogen-bond donors (Lipinski definition) is 1. The van der Waals surface area contributed by atoms with Crippen LogP contribution in [0.5, 0.6) is 0 Å². The third-order valence-corrected chi connectivity index (χ3v) is 4.71. The van der Waals surface area contributed by atoms with Gasteiger partial charge in [-0.1, -0.05) is 6.92 Å². The number of nitrogens with one attached hydrogen (secondary N) is 1. The fourth-order valence-electron chi connectivity index (χ4n) is 3.56. The molecule has 3 aliphatic rings. The molecule has 0 saturated carbocycles. The summed E-state index contributed by atoms with van der Waals surface area (Å²) in [5, 5.41) is 3.56. The highest BCUT2D eigenvalue weighted by Crippen LogP contribution is 2.35. The Bertz CT molecular complexity index is 284. The quantitative estimate of drug-likeness (QED) is 0.727. The number of piperidine rings is 1. The van der Waals surface area contributed by atoms with E-state index in [9.17, 15) is 4.79 Å². The van der Waals surface area contributed by atoms with E-state index in [2.05, 4.69) is 17.1 Å². The summed E-state index contributed by atoms with van der Waals surface area (Å²) in [7, 11) is 0. The van der Waals surface area contributed by atoms with Crippen molar-refractivity contribution < 1.29 is 4.79 Å². The van der Waals surface area contributed by atoms with Gasteiger partial charge in [-0.05, 0) is 38.0 Å². The van der Waals surface area contributed by atoms with Gasteiger partial charge >= 0.3 is 0 Å². The first kappa shape index (κ1) is 10.6. The van der Waals surface area contributed by atoms with Gasteiger partial charge in [-0.15, -0.1) is 0 Å². The lowest BCUT2D eigenvalue weighted by molar-refractivity contribution is -0.137. The van der Waals surface area contributed by atoms with Gasteiger partial charge in [0.15, 0.2) is 0 Å². The minimum atomic E-state index is 0.298. The Kier molecular flexibility index (Phi) is 2.66. The third kappa shape index (κ3) is 1.75. The fraction of sp³-hybridized carbons (Fsp3) is 0.923. The van der Waals surface area contributed by atoms with Crippen LogP contribution in [0.2, 0.25) is 0 Å². The Morgan fingerprint density at radius 1 is 1.19 bits per heavy atom. The Balaban J connectivity index is 1.61. The summed E-state index contributed by atoms with van der Waals surface area (Å²) in [6.07, 6.45) is 5.98. The largest absolute Gasteiger partial charge is 0.342 e. The summed E-state index contributed by atoms with van der Waals surface area (Å²) in [4.78, 5) is 14.5. The smallest absolute Gasteiger partial charge is 0.227 e. The van der Waals surface area contributed by atoms with Crippen molar-refractivity contribution in [1.29, 1.82) is 0 Å². The van der Waals surface area contributed by atoms with Gasteiger partial charge in [-0.25, -0.2) is 0 Å². The molecule has 0 aromatic carbocycles. The van der Waals surface area contributed by atoms with Crippen LogP contribution < -0.4 is 5.32 Å². The van der Waals surface area contributed by atoms with Gasteiger partial charge in [0.1, 0.15) is 0 Å². The van der Waals surface area contributed by atoms with Gasteiger partial charge in [-0.2, -0.15) is 0 Å². The van der Waals surface area contributed by atoms with E-state index in [1.54, 1.807) is 0 Å². The van der Waals surface area contributed by atoms with Crippen molar-refractivity contribution in [3.63, 3.8) is 0 Å². The van der Waals surface area contributed by atoms with E-state index in [-0.39, 0.29) is 0 Å². The first-order valence-corrected chi connectivity index (χ1v) is 6.79. The number of hydrogen-bond acceptors (Lipinski definition) is 2. The van der Waals surface area contributed by atoms with Crippen molar-refractivity contribution in [1.82, 2.24) is 10.2 Å². The molecule has 0 aromatic heterocycles. The lowest BCUT2D eigenvalue weighted by Gasteiger charge is -2.33. The molecule has 2 bridgehead atoms. The molecule has 3 nitrogen and oxygen atoms in total. The minimum absolute atomic E-state index is 0.298. The lowest BCUT2D eigenvalue weighted by atomic mass is 9.87. The van der Waals surface area contributed by atoms with E-state index in [1.807, 2.05) is 0 Å². The second-order valence-electron chi connectivity index (χ2n) is 5.90. The Hall–Kier alpha value is -0.570. The monoisotopic (exact) mass is 222 g/mol. The van der Waals surface area contributed by atoms with Crippen LogP contribution >= 0.6 is 0 Å². The summed E-state index contributed by atoms with van der Waals surface area (Å²) >= 11 is 0. The van der Waals surface area contributed by atoms with E-state index >= 15 is 0 Å². The van der Waals surface area contributed by atoms with Crippen molar-refractivity contribution in [2.24, 2.45) is 11.8 Å². The van der Waals surface area contributed by atoms with Crippen molar-refractivity contribution in [3.05, 3.63) is 0 Å². The zero-order valence-electron chi connectivity index (χ0n) is 10.1. The molecular formula is C13H22N2O. The lowest BCUT2D eigenvalue weighted by Crippen LogP contribution is -2.44. The SMILES string of the molecule is CC1CCN(C(=O)C2CC3CCC2N3)CC1. The zero-order chi connectivity index (χ0) is 11.1. The van der Waals surface area contributed by atoms with E-state index in [4.69, 9.17) is 0 Å². The van der Waals surface area contributed by atoms with Crippen LogP contribution in [-0.4, -0.2) is 36.0 Å². The molecule has 0 aliphatic carbocycles. The van der Waals surface area contributed by atoms with Crippen LogP contribution in [0.4, 0.5) is 0 Å². The first-order chi connectivity index (χ1) is 7.74. The van der Waals surface area contributed by atoms with Crippen molar-refractivity contribution in [2.75, 3.05) is 13.1 Å². The topological polar surface area (TPSA) is 32.3 Å². The molecule has 90 valence electrons. The molecule has 1 N–H and O–H groups in total. The number of carbonyl (C=O) groups excluding carboxylic acids is 1. The van der Waals surface area contributed by atoms with Crippen LogP contribution in [0.15, 0.2) is 0 Å². The maximum Gasteiger partial charge on any atom is 0.227 e. The maximum absolute atomic E-state index is 12.4. The number of fused-ring (bicyclic) bond motifs is 2. The molecule has 3 heteroatoms. The normalized spacial score (nSPS) is 39.3. The molecule has 0 aromatic rings. The number of rotatable bonds is 1. The second kappa shape index (κ2) is 4.02. The highest BCUT2D eigenvalue weighted by atomic mass is 16.2. The molecule has 3 unspecified atom stereocenters. The van der Waals surface area contributed by atoms with Gasteiger partial charge in [-0.3, -0.25) is 4.79 Å². The summed E-state index contributed by atoms with van der Waals surface area (Å²) in [5.41, 5.74) is 0. The van der Waals surface area contributed by atoms with Gasteiger partial charge < -0.3 is 10.2 Å².